The average Bonchev–Trinajstić information content (AvgIpc) is 2.50. The van der Waals surface area contributed by atoms with Gasteiger partial charge < -0.3 is 14.8 Å². The van der Waals surface area contributed by atoms with Crippen LogP contribution in [0.15, 0.2) is 40.9 Å². The van der Waals surface area contributed by atoms with Crippen molar-refractivity contribution in [3.63, 3.8) is 0 Å². The van der Waals surface area contributed by atoms with Gasteiger partial charge in [-0.2, -0.15) is 0 Å². The Morgan fingerprint density at radius 2 is 1.81 bits per heavy atom. The summed E-state index contributed by atoms with van der Waals surface area (Å²) in [4.78, 5) is 0. The van der Waals surface area contributed by atoms with Crippen LogP contribution in [0.3, 0.4) is 0 Å². The predicted octanol–water partition coefficient (Wildman–Crippen LogP) is 3.90. The summed E-state index contributed by atoms with van der Waals surface area (Å²) in [6.45, 7) is 1.15. The molecule has 2 aromatic rings. The van der Waals surface area contributed by atoms with Crippen molar-refractivity contribution in [2.24, 2.45) is 0 Å². The molecule has 0 unspecified atom stereocenters. The van der Waals surface area contributed by atoms with Gasteiger partial charge in [0.25, 0.3) is 0 Å². The topological polar surface area (TPSA) is 30.5 Å². The number of benzene rings is 2. The van der Waals surface area contributed by atoms with Crippen LogP contribution < -0.4 is 14.8 Å². The van der Waals surface area contributed by atoms with Crippen LogP contribution in [0.5, 0.6) is 11.5 Å². The Morgan fingerprint density at radius 1 is 1.05 bits per heavy atom. The fourth-order valence-electron chi connectivity index (χ4n) is 2.10. The van der Waals surface area contributed by atoms with Gasteiger partial charge in [0, 0.05) is 23.1 Å². The highest BCUT2D eigenvalue weighted by molar-refractivity contribution is 9.10. The number of hydrogen-bond acceptors (Lipinski definition) is 3. The zero-order chi connectivity index (χ0) is 15.2. The Bertz CT molecular complexity index is 619. The maximum atomic E-state index is 13.2. The minimum Gasteiger partial charge on any atom is -0.493 e. The Labute approximate surface area is 132 Å². The first kappa shape index (κ1) is 15.8. The van der Waals surface area contributed by atoms with E-state index in [9.17, 15) is 4.39 Å². The summed E-state index contributed by atoms with van der Waals surface area (Å²) < 4.78 is 24.8. The van der Waals surface area contributed by atoms with E-state index in [2.05, 4.69) is 21.2 Å². The van der Waals surface area contributed by atoms with E-state index in [1.54, 1.807) is 20.3 Å². The van der Waals surface area contributed by atoms with Crippen molar-refractivity contribution in [1.29, 1.82) is 0 Å². The molecule has 0 amide bonds. The highest BCUT2D eigenvalue weighted by Crippen LogP contribution is 2.30. The van der Waals surface area contributed by atoms with Crippen molar-refractivity contribution in [2.45, 2.75) is 13.1 Å². The minimum absolute atomic E-state index is 0.242. The molecule has 0 spiro atoms. The molecular formula is C16H17BrFNO2. The summed E-state index contributed by atoms with van der Waals surface area (Å²) in [5.74, 6) is 1.17. The predicted molar refractivity (Wildman–Crippen MR) is 84.2 cm³/mol. The Hall–Kier alpha value is -1.59. The van der Waals surface area contributed by atoms with E-state index < -0.39 is 0 Å². The number of hydrogen-bond donors (Lipinski definition) is 1. The van der Waals surface area contributed by atoms with Crippen molar-refractivity contribution in [3.05, 3.63) is 57.8 Å². The molecule has 0 aliphatic carbocycles. The second-order valence-electron chi connectivity index (χ2n) is 4.49. The van der Waals surface area contributed by atoms with Crippen LogP contribution in [-0.4, -0.2) is 14.2 Å². The number of para-hydroxylation sites is 1. The molecule has 0 aromatic heterocycles. The summed E-state index contributed by atoms with van der Waals surface area (Å²) in [6, 6.07) is 10.4. The number of halogens is 2. The van der Waals surface area contributed by atoms with E-state index in [0.717, 1.165) is 15.6 Å². The lowest BCUT2D eigenvalue weighted by molar-refractivity contribution is 0.350. The second-order valence-corrected chi connectivity index (χ2v) is 5.35. The third-order valence-corrected chi connectivity index (χ3v) is 3.90. The van der Waals surface area contributed by atoms with Crippen LogP contribution in [0.25, 0.3) is 0 Å². The largest absolute Gasteiger partial charge is 0.493 e. The highest BCUT2D eigenvalue weighted by Gasteiger charge is 2.09. The third-order valence-electron chi connectivity index (χ3n) is 3.12. The zero-order valence-corrected chi connectivity index (χ0v) is 13.5. The molecule has 5 heteroatoms. The highest BCUT2D eigenvalue weighted by atomic mass is 79.9. The van der Waals surface area contributed by atoms with Crippen molar-refractivity contribution in [1.82, 2.24) is 5.32 Å². The molecule has 0 aliphatic heterocycles. The summed E-state index contributed by atoms with van der Waals surface area (Å²) in [5.41, 5.74) is 1.86. The fraction of sp³-hybridized carbons (Fsp3) is 0.250. The van der Waals surface area contributed by atoms with Gasteiger partial charge in [0.2, 0.25) is 0 Å². The lowest BCUT2D eigenvalue weighted by atomic mass is 10.1. The monoisotopic (exact) mass is 353 g/mol. The average molecular weight is 354 g/mol. The minimum atomic E-state index is -0.242. The van der Waals surface area contributed by atoms with E-state index in [0.29, 0.717) is 24.6 Å². The molecule has 3 nitrogen and oxygen atoms in total. The van der Waals surface area contributed by atoms with E-state index >= 15 is 0 Å². The van der Waals surface area contributed by atoms with Gasteiger partial charge in [-0.15, -0.1) is 0 Å². The van der Waals surface area contributed by atoms with Crippen LogP contribution >= 0.6 is 15.9 Å². The van der Waals surface area contributed by atoms with Gasteiger partial charge in [0.05, 0.1) is 14.2 Å². The molecule has 1 N–H and O–H groups in total. The first-order chi connectivity index (χ1) is 10.2. The summed E-state index contributed by atoms with van der Waals surface area (Å²) in [7, 11) is 3.23. The molecule has 0 atom stereocenters. The normalized spacial score (nSPS) is 10.5. The van der Waals surface area contributed by atoms with Crippen molar-refractivity contribution < 1.29 is 13.9 Å². The number of methoxy groups -OCH3 is 2. The van der Waals surface area contributed by atoms with Crippen molar-refractivity contribution in [2.75, 3.05) is 14.2 Å². The van der Waals surface area contributed by atoms with Gasteiger partial charge in [0.1, 0.15) is 5.82 Å². The van der Waals surface area contributed by atoms with Crippen molar-refractivity contribution >= 4 is 15.9 Å². The Kier molecular flexibility index (Phi) is 5.59. The van der Waals surface area contributed by atoms with Gasteiger partial charge in [0.15, 0.2) is 11.5 Å². The smallest absolute Gasteiger partial charge is 0.165 e. The van der Waals surface area contributed by atoms with Crippen LogP contribution in [0.2, 0.25) is 0 Å². The molecule has 2 rings (SSSR count). The van der Waals surface area contributed by atoms with Crippen LogP contribution in [0.1, 0.15) is 11.1 Å². The molecule has 0 bridgehead atoms. The molecular weight excluding hydrogens is 337 g/mol. The van der Waals surface area contributed by atoms with Crippen LogP contribution in [-0.2, 0) is 13.1 Å². The molecule has 0 fully saturated rings. The first-order valence-corrected chi connectivity index (χ1v) is 7.29. The quantitative estimate of drug-likeness (QED) is 0.854. The van der Waals surface area contributed by atoms with Gasteiger partial charge in [-0.1, -0.05) is 28.1 Å². The molecule has 0 saturated carbocycles. The van der Waals surface area contributed by atoms with Crippen LogP contribution in [0.4, 0.5) is 4.39 Å². The fourth-order valence-corrected chi connectivity index (χ4v) is 2.49. The summed E-state index contributed by atoms with van der Waals surface area (Å²) in [5, 5.41) is 3.28. The number of nitrogens with one attached hydrogen (secondary N) is 1. The molecule has 0 aliphatic rings. The summed E-state index contributed by atoms with van der Waals surface area (Å²) in [6.07, 6.45) is 0. The summed E-state index contributed by atoms with van der Waals surface area (Å²) >= 11 is 3.42. The lowest BCUT2D eigenvalue weighted by Gasteiger charge is -2.13. The molecule has 112 valence electrons. The number of ether oxygens (including phenoxy) is 2. The van der Waals surface area contributed by atoms with Crippen LogP contribution in [0, 0.1) is 5.82 Å². The van der Waals surface area contributed by atoms with E-state index in [1.807, 2.05) is 18.2 Å². The van der Waals surface area contributed by atoms with Gasteiger partial charge in [-0.25, -0.2) is 4.39 Å². The molecule has 0 heterocycles. The maximum Gasteiger partial charge on any atom is 0.165 e. The van der Waals surface area contributed by atoms with Crippen molar-refractivity contribution in [3.8, 4) is 11.5 Å². The zero-order valence-electron chi connectivity index (χ0n) is 12.0. The standard InChI is InChI=1S/C16H17BrFNO2/c1-20-15-5-3-4-11(16(15)21-2)9-19-10-12-8-13(18)6-7-14(12)17/h3-8,19H,9-10H2,1-2H3. The maximum absolute atomic E-state index is 13.2. The van der Waals surface area contributed by atoms with E-state index in [-0.39, 0.29) is 5.82 Å². The molecule has 0 saturated heterocycles. The van der Waals surface area contributed by atoms with E-state index in [1.165, 1.54) is 12.1 Å². The lowest BCUT2D eigenvalue weighted by Crippen LogP contribution is -2.14. The van der Waals surface area contributed by atoms with Gasteiger partial charge in [-0.3, -0.25) is 0 Å². The van der Waals surface area contributed by atoms with Gasteiger partial charge in [-0.05, 0) is 29.8 Å². The molecule has 2 aromatic carbocycles. The third kappa shape index (κ3) is 3.95. The SMILES string of the molecule is COc1cccc(CNCc2cc(F)ccc2Br)c1OC. The first-order valence-electron chi connectivity index (χ1n) is 6.50. The molecule has 21 heavy (non-hydrogen) atoms. The van der Waals surface area contributed by atoms with Gasteiger partial charge >= 0.3 is 0 Å². The second kappa shape index (κ2) is 7.43. The molecule has 0 radical (unpaired) electrons. The Balaban J connectivity index is 2.05. The van der Waals surface area contributed by atoms with E-state index in [4.69, 9.17) is 9.47 Å². The number of rotatable bonds is 6. The Morgan fingerprint density at radius 3 is 2.52 bits per heavy atom.